The Morgan fingerprint density at radius 2 is 2.10 bits per heavy atom. The fourth-order valence-electron chi connectivity index (χ4n) is 3.20. The van der Waals surface area contributed by atoms with Crippen LogP contribution in [0.2, 0.25) is 0 Å². The third-order valence-electron chi connectivity index (χ3n) is 4.56. The monoisotopic (exact) mass is 273 g/mol. The Kier molecular flexibility index (Phi) is 3.92. The fraction of sp³-hybridized carbons (Fsp3) is 0.562. The van der Waals surface area contributed by atoms with E-state index in [1.54, 1.807) is 0 Å². The van der Waals surface area contributed by atoms with Gasteiger partial charge < -0.3 is 10.2 Å². The molecule has 0 unspecified atom stereocenters. The summed E-state index contributed by atoms with van der Waals surface area (Å²) in [4.78, 5) is 16.0. The highest BCUT2D eigenvalue weighted by Crippen LogP contribution is 2.20. The van der Waals surface area contributed by atoms with Crippen LogP contribution >= 0.6 is 0 Å². The summed E-state index contributed by atoms with van der Waals surface area (Å²) < 4.78 is 0. The van der Waals surface area contributed by atoms with Crippen LogP contribution in [0.4, 0.5) is 4.79 Å². The van der Waals surface area contributed by atoms with E-state index in [4.69, 9.17) is 0 Å². The van der Waals surface area contributed by atoms with E-state index in [9.17, 15) is 4.79 Å². The molecule has 2 atom stereocenters. The Bertz CT molecular complexity index is 462. The summed E-state index contributed by atoms with van der Waals surface area (Å²) in [5, 5.41) is 2.93. The Morgan fingerprint density at radius 1 is 1.30 bits per heavy atom. The van der Waals surface area contributed by atoms with Crippen molar-refractivity contribution in [3.8, 4) is 0 Å². The van der Waals surface area contributed by atoms with E-state index in [2.05, 4.69) is 47.5 Å². The van der Waals surface area contributed by atoms with Crippen molar-refractivity contribution in [3.05, 3.63) is 35.9 Å². The SMILES string of the molecule is C[C@@H](CCN1CCN2C(=O)NC[C@@H]2C1)c1ccccc1. The third kappa shape index (κ3) is 2.80. The van der Waals surface area contributed by atoms with Gasteiger partial charge in [-0.1, -0.05) is 37.3 Å². The van der Waals surface area contributed by atoms with E-state index in [1.807, 2.05) is 4.90 Å². The van der Waals surface area contributed by atoms with Gasteiger partial charge in [-0.15, -0.1) is 0 Å². The van der Waals surface area contributed by atoms with Gasteiger partial charge in [0.25, 0.3) is 0 Å². The van der Waals surface area contributed by atoms with E-state index in [0.717, 1.165) is 32.7 Å². The minimum Gasteiger partial charge on any atom is -0.336 e. The fourth-order valence-corrected chi connectivity index (χ4v) is 3.20. The second-order valence-corrected chi connectivity index (χ2v) is 5.93. The number of hydrogen-bond donors (Lipinski definition) is 1. The molecule has 1 aromatic carbocycles. The number of fused-ring (bicyclic) bond motifs is 1. The van der Waals surface area contributed by atoms with Crippen LogP contribution in [-0.4, -0.2) is 54.6 Å². The van der Waals surface area contributed by atoms with Gasteiger partial charge in [0.15, 0.2) is 0 Å². The van der Waals surface area contributed by atoms with Gasteiger partial charge in [-0.25, -0.2) is 4.79 Å². The van der Waals surface area contributed by atoms with Crippen LogP contribution in [0.15, 0.2) is 30.3 Å². The molecule has 2 heterocycles. The maximum atomic E-state index is 11.6. The first-order valence-corrected chi connectivity index (χ1v) is 7.56. The van der Waals surface area contributed by atoms with Crippen LogP contribution in [0.3, 0.4) is 0 Å². The molecule has 2 aliphatic rings. The van der Waals surface area contributed by atoms with Crippen molar-refractivity contribution in [2.45, 2.75) is 25.3 Å². The number of nitrogens with one attached hydrogen (secondary N) is 1. The minimum atomic E-state index is 0.118. The van der Waals surface area contributed by atoms with Crippen LogP contribution in [-0.2, 0) is 0 Å². The molecule has 1 N–H and O–H groups in total. The molecule has 0 saturated carbocycles. The Morgan fingerprint density at radius 3 is 2.90 bits per heavy atom. The standard InChI is InChI=1S/C16H23N3O/c1-13(14-5-3-2-4-6-14)7-8-18-9-10-19-15(12-18)11-17-16(19)20/h2-6,13,15H,7-12H2,1H3,(H,17,20)/t13-,15+/m0/s1. The van der Waals surface area contributed by atoms with Crippen molar-refractivity contribution < 1.29 is 4.79 Å². The maximum Gasteiger partial charge on any atom is 0.317 e. The zero-order valence-electron chi connectivity index (χ0n) is 12.1. The van der Waals surface area contributed by atoms with Crippen molar-refractivity contribution in [2.75, 3.05) is 32.7 Å². The van der Waals surface area contributed by atoms with E-state index in [0.29, 0.717) is 12.0 Å². The molecule has 2 saturated heterocycles. The molecule has 2 amide bonds. The van der Waals surface area contributed by atoms with Crippen LogP contribution in [0.5, 0.6) is 0 Å². The summed E-state index contributed by atoms with van der Waals surface area (Å²) in [6.07, 6.45) is 1.18. The average molecular weight is 273 g/mol. The summed E-state index contributed by atoms with van der Waals surface area (Å²) in [5.41, 5.74) is 1.42. The number of amides is 2. The predicted molar refractivity (Wildman–Crippen MR) is 79.8 cm³/mol. The predicted octanol–water partition coefficient (Wildman–Crippen LogP) is 1.89. The number of rotatable bonds is 4. The van der Waals surface area contributed by atoms with Gasteiger partial charge in [0.1, 0.15) is 0 Å². The van der Waals surface area contributed by atoms with Gasteiger partial charge in [0.05, 0.1) is 6.04 Å². The quantitative estimate of drug-likeness (QED) is 0.909. The molecule has 4 nitrogen and oxygen atoms in total. The first-order chi connectivity index (χ1) is 9.74. The van der Waals surface area contributed by atoms with Crippen molar-refractivity contribution >= 4 is 6.03 Å². The lowest BCUT2D eigenvalue weighted by Gasteiger charge is -2.36. The molecule has 1 aromatic rings. The molecule has 4 heteroatoms. The van der Waals surface area contributed by atoms with Gasteiger partial charge in [-0.05, 0) is 24.4 Å². The first-order valence-electron chi connectivity index (χ1n) is 7.56. The van der Waals surface area contributed by atoms with Crippen molar-refractivity contribution in [2.24, 2.45) is 0 Å². The van der Waals surface area contributed by atoms with Gasteiger partial charge in [0.2, 0.25) is 0 Å². The molecule has 108 valence electrons. The Balaban J connectivity index is 1.49. The summed E-state index contributed by atoms with van der Waals surface area (Å²) in [6.45, 7) is 7.12. The summed E-state index contributed by atoms with van der Waals surface area (Å²) >= 11 is 0. The third-order valence-corrected chi connectivity index (χ3v) is 4.56. The van der Waals surface area contributed by atoms with Crippen LogP contribution in [0, 0.1) is 0 Å². The van der Waals surface area contributed by atoms with Crippen molar-refractivity contribution in [1.82, 2.24) is 15.1 Å². The number of carbonyl (C=O) groups is 1. The van der Waals surface area contributed by atoms with Crippen LogP contribution in [0.1, 0.15) is 24.8 Å². The zero-order valence-corrected chi connectivity index (χ0v) is 12.1. The smallest absolute Gasteiger partial charge is 0.317 e. The highest BCUT2D eigenvalue weighted by atomic mass is 16.2. The highest BCUT2D eigenvalue weighted by Gasteiger charge is 2.35. The zero-order chi connectivity index (χ0) is 13.9. The molecule has 20 heavy (non-hydrogen) atoms. The lowest BCUT2D eigenvalue weighted by Crippen LogP contribution is -2.52. The number of benzene rings is 1. The van der Waals surface area contributed by atoms with Crippen molar-refractivity contribution in [1.29, 1.82) is 0 Å². The van der Waals surface area contributed by atoms with E-state index in [1.165, 1.54) is 12.0 Å². The molecular weight excluding hydrogens is 250 g/mol. The molecule has 0 bridgehead atoms. The molecule has 0 aromatic heterocycles. The number of nitrogens with zero attached hydrogens (tertiary/aromatic N) is 2. The number of urea groups is 1. The van der Waals surface area contributed by atoms with Crippen LogP contribution in [0.25, 0.3) is 0 Å². The molecule has 3 rings (SSSR count). The molecular formula is C16H23N3O. The van der Waals surface area contributed by atoms with E-state index >= 15 is 0 Å². The second-order valence-electron chi connectivity index (χ2n) is 5.93. The lowest BCUT2D eigenvalue weighted by molar-refractivity contribution is 0.119. The van der Waals surface area contributed by atoms with Crippen LogP contribution < -0.4 is 5.32 Å². The largest absolute Gasteiger partial charge is 0.336 e. The van der Waals surface area contributed by atoms with E-state index in [-0.39, 0.29) is 6.03 Å². The molecule has 0 aliphatic carbocycles. The second kappa shape index (κ2) is 5.83. The number of hydrogen-bond acceptors (Lipinski definition) is 2. The molecule has 0 radical (unpaired) electrons. The van der Waals surface area contributed by atoms with E-state index < -0.39 is 0 Å². The number of carbonyl (C=O) groups excluding carboxylic acids is 1. The summed E-state index contributed by atoms with van der Waals surface area (Å²) in [6, 6.07) is 11.2. The minimum absolute atomic E-state index is 0.118. The van der Waals surface area contributed by atoms with Gasteiger partial charge in [-0.3, -0.25) is 4.90 Å². The maximum absolute atomic E-state index is 11.6. The molecule has 0 spiro atoms. The molecule has 2 fully saturated rings. The summed E-state index contributed by atoms with van der Waals surface area (Å²) in [7, 11) is 0. The lowest BCUT2D eigenvalue weighted by atomic mass is 9.97. The average Bonchev–Trinajstić information content (AvgIpc) is 2.87. The molecule has 2 aliphatic heterocycles. The van der Waals surface area contributed by atoms with Gasteiger partial charge in [0, 0.05) is 26.2 Å². The van der Waals surface area contributed by atoms with Crippen molar-refractivity contribution in [3.63, 3.8) is 0 Å². The van der Waals surface area contributed by atoms with Gasteiger partial charge >= 0.3 is 6.03 Å². The topological polar surface area (TPSA) is 35.6 Å². The number of piperazine rings is 1. The first kappa shape index (κ1) is 13.4. The Hall–Kier alpha value is -1.55. The normalized spacial score (nSPS) is 24.4. The summed E-state index contributed by atoms with van der Waals surface area (Å²) in [5.74, 6) is 0.595. The highest BCUT2D eigenvalue weighted by molar-refractivity contribution is 5.77. The Labute approximate surface area is 120 Å². The van der Waals surface area contributed by atoms with Gasteiger partial charge in [-0.2, -0.15) is 0 Å².